The quantitative estimate of drug-likeness (QED) is 0.495. The van der Waals surface area contributed by atoms with Crippen molar-refractivity contribution >= 4 is 41.1 Å². The highest BCUT2D eigenvalue weighted by molar-refractivity contribution is 7.98. The maximum atomic E-state index is 11.8. The predicted molar refractivity (Wildman–Crippen MR) is 101 cm³/mol. The summed E-state index contributed by atoms with van der Waals surface area (Å²) in [6.07, 6.45) is 5.26. The highest BCUT2D eigenvalue weighted by Gasteiger charge is 2.01. The van der Waals surface area contributed by atoms with Gasteiger partial charge in [-0.05, 0) is 47.8 Å². The SMILES string of the molecule is CSc1ccc(CNC(=S)NC(=O)/C=C/c2ccccc2)cc1. The van der Waals surface area contributed by atoms with E-state index in [0.29, 0.717) is 11.7 Å². The highest BCUT2D eigenvalue weighted by Crippen LogP contribution is 2.14. The van der Waals surface area contributed by atoms with Crippen molar-refractivity contribution in [2.75, 3.05) is 6.26 Å². The number of carbonyl (C=O) groups excluding carboxylic acids is 1. The zero-order valence-corrected chi connectivity index (χ0v) is 14.4. The van der Waals surface area contributed by atoms with Gasteiger partial charge in [0, 0.05) is 17.5 Å². The topological polar surface area (TPSA) is 41.1 Å². The molecular weight excluding hydrogens is 324 g/mol. The first-order valence-electron chi connectivity index (χ1n) is 7.12. The van der Waals surface area contributed by atoms with Crippen LogP contribution in [0.2, 0.25) is 0 Å². The van der Waals surface area contributed by atoms with Crippen LogP contribution in [0.1, 0.15) is 11.1 Å². The lowest BCUT2D eigenvalue weighted by molar-refractivity contribution is -0.115. The lowest BCUT2D eigenvalue weighted by atomic mass is 10.2. The number of amides is 1. The van der Waals surface area contributed by atoms with E-state index in [0.717, 1.165) is 11.1 Å². The van der Waals surface area contributed by atoms with Gasteiger partial charge in [0.05, 0.1) is 0 Å². The molecule has 0 spiro atoms. The summed E-state index contributed by atoms with van der Waals surface area (Å²) in [4.78, 5) is 13.0. The molecule has 1 amide bonds. The molecule has 23 heavy (non-hydrogen) atoms. The van der Waals surface area contributed by atoms with Crippen molar-refractivity contribution in [2.24, 2.45) is 0 Å². The van der Waals surface area contributed by atoms with Crippen LogP contribution in [-0.2, 0) is 11.3 Å². The molecule has 0 unspecified atom stereocenters. The number of carbonyl (C=O) groups is 1. The summed E-state index contributed by atoms with van der Waals surface area (Å²) in [6, 6.07) is 17.8. The van der Waals surface area contributed by atoms with E-state index >= 15 is 0 Å². The summed E-state index contributed by atoms with van der Waals surface area (Å²) in [5, 5.41) is 5.98. The van der Waals surface area contributed by atoms with E-state index in [4.69, 9.17) is 12.2 Å². The van der Waals surface area contributed by atoms with Gasteiger partial charge < -0.3 is 5.32 Å². The fourth-order valence-corrected chi connectivity index (χ4v) is 2.44. The van der Waals surface area contributed by atoms with Crippen molar-refractivity contribution in [3.63, 3.8) is 0 Å². The molecule has 118 valence electrons. The van der Waals surface area contributed by atoms with E-state index < -0.39 is 0 Å². The van der Waals surface area contributed by atoms with E-state index in [1.165, 1.54) is 11.0 Å². The molecule has 0 saturated heterocycles. The Balaban J connectivity index is 1.77. The number of benzene rings is 2. The summed E-state index contributed by atoms with van der Waals surface area (Å²) < 4.78 is 0. The third kappa shape index (κ3) is 6.26. The molecule has 0 radical (unpaired) electrons. The first kappa shape index (κ1) is 17.2. The van der Waals surface area contributed by atoms with Gasteiger partial charge in [0.1, 0.15) is 0 Å². The van der Waals surface area contributed by atoms with Crippen molar-refractivity contribution in [1.82, 2.24) is 10.6 Å². The molecule has 0 fully saturated rings. The smallest absolute Gasteiger partial charge is 0.250 e. The van der Waals surface area contributed by atoms with Crippen LogP contribution < -0.4 is 10.6 Å². The van der Waals surface area contributed by atoms with Crippen LogP contribution in [0.4, 0.5) is 0 Å². The maximum absolute atomic E-state index is 11.8. The van der Waals surface area contributed by atoms with E-state index in [1.807, 2.05) is 48.7 Å². The Hall–Kier alpha value is -2.11. The molecule has 3 nitrogen and oxygen atoms in total. The largest absolute Gasteiger partial charge is 0.358 e. The number of thiocarbonyl (C=S) groups is 1. The normalized spacial score (nSPS) is 10.5. The first-order valence-corrected chi connectivity index (χ1v) is 8.75. The molecule has 0 heterocycles. The second-order valence-corrected chi connectivity index (χ2v) is 6.05. The summed E-state index contributed by atoms with van der Waals surface area (Å²) in [6.45, 7) is 0.580. The third-order valence-electron chi connectivity index (χ3n) is 3.08. The zero-order chi connectivity index (χ0) is 16.5. The van der Waals surface area contributed by atoms with Crippen LogP contribution in [0, 0.1) is 0 Å². The van der Waals surface area contributed by atoms with Crippen molar-refractivity contribution in [2.45, 2.75) is 11.4 Å². The first-order chi connectivity index (χ1) is 11.2. The van der Waals surface area contributed by atoms with Crippen molar-refractivity contribution in [3.05, 3.63) is 71.8 Å². The molecule has 0 aliphatic rings. The molecule has 2 rings (SSSR count). The van der Waals surface area contributed by atoms with Gasteiger partial charge in [-0.1, -0.05) is 42.5 Å². The Morgan fingerprint density at radius 1 is 1.13 bits per heavy atom. The lowest BCUT2D eigenvalue weighted by Gasteiger charge is -2.08. The Bertz CT molecular complexity index is 682. The minimum absolute atomic E-state index is 0.246. The molecule has 0 aliphatic carbocycles. The monoisotopic (exact) mass is 342 g/mol. The van der Waals surface area contributed by atoms with E-state index in [9.17, 15) is 4.79 Å². The molecule has 0 atom stereocenters. The second kappa shape index (κ2) is 9.12. The fraction of sp³-hybridized carbons (Fsp3) is 0.111. The molecule has 2 aromatic carbocycles. The maximum Gasteiger partial charge on any atom is 0.250 e. The fourth-order valence-electron chi connectivity index (χ4n) is 1.86. The van der Waals surface area contributed by atoms with Gasteiger partial charge in [-0.2, -0.15) is 0 Å². The predicted octanol–water partition coefficient (Wildman–Crippen LogP) is 3.61. The lowest BCUT2D eigenvalue weighted by Crippen LogP contribution is -2.37. The number of thioether (sulfide) groups is 1. The Kier molecular flexibility index (Phi) is 6.84. The van der Waals surface area contributed by atoms with Crippen molar-refractivity contribution in [1.29, 1.82) is 0 Å². The van der Waals surface area contributed by atoms with Gasteiger partial charge in [0.2, 0.25) is 5.91 Å². The standard InChI is InChI=1S/C18H18N2OS2/c1-23-16-10-7-15(8-11-16)13-19-18(22)20-17(21)12-9-14-5-3-2-4-6-14/h2-12H,13H2,1H3,(H2,19,20,21,22)/b12-9+. The van der Waals surface area contributed by atoms with Crippen LogP contribution in [-0.4, -0.2) is 17.3 Å². The molecule has 2 N–H and O–H groups in total. The van der Waals surface area contributed by atoms with Crippen LogP contribution >= 0.6 is 24.0 Å². The Labute approximate surface area is 146 Å². The summed E-state index contributed by atoms with van der Waals surface area (Å²) in [5.41, 5.74) is 2.08. The van der Waals surface area contributed by atoms with Crippen LogP contribution in [0.15, 0.2) is 65.6 Å². The molecular formula is C18H18N2OS2. The minimum atomic E-state index is -0.246. The van der Waals surface area contributed by atoms with Crippen LogP contribution in [0.5, 0.6) is 0 Å². The van der Waals surface area contributed by atoms with Crippen LogP contribution in [0.25, 0.3) is 6.08 Å². The van der Waals surface area contributed by atoms with Crippen LogP contribution in [0.3, 0.4) is 0 Å². The summed E-state index contributed by atoms with van der Waals surface area (Å²) in [5.74, 6) is -0.246. The van der Waals surface area contributed by atoms with Gasteiger partial charge in [0.15, 0.2) is 5.11 Å². The average molecular weight is 342 g/mol. The minimum Gasteiger partial charge on any atom is -0.358 e. The van der Waals surface area contributed by atoms with Gasteiger partial charge in [-0.25, -0.2) is 0 Å². The second-order valence-electron chi connectivity index (χ2n) is 4.76. The van der Waals surface area contributed by atoms with E-state index in [2.05, 4.69) is 22.8 Å². The van der Waals surface area contributed by atoms with Gasteiger partial charge in [-0.3, -0.25) is 10.1 Å². The van der Waals surface area contributed by atoms with Gasteiger partial charge >= 0.3 is 0 Å². The highest BCUT2D eigenvalue weighted by atomic mass is 32.2. The Morgan fingerprint density at radius 3 is 2.48 bits per heavy atom. The molecule has 0 aromatic heterocycles. The summed E-state index contributed by atoms with van der Waals surface area (Å²) >= 11 is 6.83. The van der Waals surface area contributed by atoms with E-state index in [-0.39, 0.29) is 5.91 Å². The zero-order valence-electron chi connectivity index (χ0n) is 12.8. The number of rotatable bonds is 5. The molecule has 2 aromatic rings. The Morgan fingerprint density at radius 2 is 1.83 bits per heavy atom. The number of hydrogen-bond acceptors (Lipinski definition) is 3. The number of hydrogen-bond donors (Lipinski definition) is 2. The average Bonchev–Trinajstić information content (AvgIpc) is 2.59. The summed E-state index contributed by atoms with van der Waals surface area (Å²) in [7, 11) is 0. The number of nitrogens with one attached hydrogen (secondary N) is 2. The molecule has 0 aliphatic heterocycles. The molecule has 0 bridgehead atoms. The van der Waals surface area contributed by atoms with Crippen molar-refractivity contribution in [3.8, 4) is 0 Å². The van der Waals surface area contributed by atoms with Gasteiger partial charge in [0.25, 0.3) is 0 Å². The molecule has 5 heteroatoms. The third-order valence-corrected chi connectivity index (χ3v) is 4.07. The van der Waals surface area contributed by atoms with E-state index in [1.54, 1.807) is 17.8 Å². The van der Waals surface area contributed by atoms with Crippen molar-refractivity contribution < 1.29 is 4.79 Å². The molecule has 0 saturated carbocycles. The van der Waals surface area contributed by atoms with Gasteiger partial charge in [-0.15, -0.1) is 11.8 Å².